The van der Waals surface area contributed by atoms with Crippen LogP contribution in [0.4, 0.5) is 4.39 Å². The number of hydrogen-bond acceptors (Lipinski definition) is 6. The summed E-state index contributed by atoms with van der Waals surface area (Å²) in [6, 6.07) is 13.1. The van der Waals surface area contributed by atoms with E-state index < -0.39 is 5.56 Å². The number of ether oxygens (including phenoxy) is 2. The number of thioether (sulfide) groups is 1. The Morgan fingerprint density at radius 2 is 1.93 bits per heavy atom. The first-order valence-electron chi connectivity index (χ1n) is 8.78. The van der Waals surface area contributed by atoms with Gasteiger partial charge in [-0.05, 0) is 49.1 Å². The molecule has 0 aliphatic rings. The van der Waals surface area contributed by atoms with Crippen molar-refractivity contribution in [2.45, 2.75) is 18.7 Å². The molecule has 29 heavy (non-hydrogen) atoms. The first-order valence-corrected chi connectivity index (χ1v) is 10.0. The summed E-state index contributed by atoms with van der Waals surface area (Å²) < 4.78 is 24.6. The third kappa shape index (κ3) is 4.76. The zero-order chi connectivity index (χ0) is 20.8. The molecule has 0 saturated heterocycles. The molecule has 1 N–H and O–H groups in total. The van der Waals surface area contributed by atoms with Gasteiger partial charge in [-0.2, -0.15) is 5.26 Å². The van der Waals surface area contributed by atoms with Crippen LogP contribution in [0, 0.1) is 17.1 Å². The zero-order valence-corrected chi connectivity index (χ0v) is 16.7. The summed E-state index contributed by atoms with van der Waals surface area (Å²) in [6.07, 6.45) is 1.78. The predicted molar refractivity (Wildman–Crippen MR) is 109 cm³/mol. The Balaban J connectivity index is 1.96. The van der Waals surface area contributed by atoms with Crippen LogP contribution in [0.15, 0.2) is 52.4 Å². The summed E-state index contributed by atoms with van der Waals surface area (Å²) in [6.45, 7) is 2.48. The molecule has 0 saturated carbocycles. The van der Waals surface area contributed by atoms with Crippen LogP contribution >= 0.6 is 11.8 Å². The minimum Gasteiger partial charge on any atom is -0.490 e. The first-order chi connectivity index (χ1) is 14.0. The number of nitriles is 1. The van der Waals surface area contributed by atoms with E-state index in [9.17, 15) is 14.4 Å². The van der Waals surface area contributed by atoms with Gasteiger partial charge in [-0.25, -0.2) is 9.37 Å². The van der Waals surface area contributed by atoms with E-state index in [0.29, 0.717) is 28.8 Å². The lowest BCUT2D eigenvalue weighted by Gasteiger charge is -2.14. The smallest absolute Gasteiger partial charge is 0.270 e. The number of nitrogens with zero attached hydrogens (tertiary/aromatic N) is 2. The van der Waals surface area contributed by atoms with Crippen molar-refractivity contribution in [1.29, 1.82) is 5.26 Å². The fourth-order valence-electron chi connectivity index (χ4n) is 2.65. The minimum atomic E-state index is -0.489. The van der Waals surface area contributed by atoms with Crippen LogP contribution in [-0.4, -0.2) is 22.8 Å². The molecule has 0 unspecified atom stereocenters. The van der Waals surface area contributed by atoms with Crippen molar-refractivity contribution in [3.8, 4) is 28.8 Å². The van der Waals surface area contributed by atoms with E-state index in [1.165, 1.54) is 23.9 Å². The quantitative estimate of drug-likeness (QED) is 0.464. The third-order valence-corrected chi connectivity index (χ3v) is 4.61. The largest absolute Gasteiger partial charge is 0.490 e. The molecular formula is C21H18FN3O3S. The van der Waals surface area contributed by atoms with E-state index in [2.05, 4.69) is 9.97 Å². The third-order valence-electron chi connectivity index (χ3n) is 4.03. The number of halogens is 1. The molecule has 6 nitrogen and oxygen atoms in total. The summed E-state index contributed by atoms with van der Waals surface area (Å²) in [5.41, 5.74) is 1.11. The molecular weight excluding hydrogens is 393 g/mol. The molecule has 0 atom stereocenters. The second-order valence-corrected chi connectivity index (χ2v) is 6.72. The highest BCUT2D eigenvalue weighted by Gasteiger charge is 2.16. The number of nitrogens with one attached hydrogen (secondary N) is 1. The van der Waals surface area contributed by atoms with Gasteiger partial charge in [0.1, 0.15) is 24.1 Å². The van der Waals surface area contributed by atoms with Crippen molar-refractivity contribution in [1.82, 2.24) is 9.97 Å². The monoisotopic (exact) mass is 411 g/mol. The SMILES string of the molecule is CCOc1cc(-c2nc(SC)[nH]c(=O)c2C#N)ccc1OCc1ccc(F)cc1. The maximum atomic E-state index is 13.0. The minimum absolute atomic E-state index is 0.0646. The van der Waals surface area contributed by atoms with Gasteiger partial charge >= 0.3 is 0 Å². The fraction of sp³-hybridized carbons (Fsp3) is 0.190. The Morgan fingerprint density at radius 1 is 1.17 bits per heavy atom. The normalized spacial score (nSPS) is 10.4. The van der Waals surface area contributed by atoms with Crippen LogP contribution in [0.2, 0.25) is 0 Å². The van der Waals surface area contributed by atoms with Crippen molar-refractivity contribution in [2.75, 3.05) is 12.9 Å². The lowest BCUT2D eigenvalue weighted by Crippen LogP contribution is -2.14. The molecule has 2 aromatic carbocycles. The van der Waals surface area contributed by atoms with Gasteiger partial charge in [-0.1, -0.05) is 23.9 Å². The van der Waals surface area contributed by atoms with Crippen LogP contribution in [0.1, 0.15) is 18.1 Å². The molecule has 3 aromatic rings. The Bertz CT molecular complexity index is 1110. The molecule has 8 heteroatoms. The van der Waals surface area contributed by atoms with E-state index >= 15 is 0 Å². The van der Waals surface area contributed by atoms with Gasteiger partial charge < -0.3 is 14.5 Å². The molecule has 3 rings (SSSR count). The molecule has 0 aliphatic carbocycles. The van der Waals surface area contributed by atoms with Gasteiger partial charge in [0.2, 0.25) is 0 Å². The predicted octanol–water partition coefficient (Wildman–Crippen LogP) is 4.15. The van der Waals surface area contributed by atoms with E-state index in [-0.39, 0.29) is 23.7 Å². The number of H-pyrrole nitrogens is 1. The molecule has 148 valence electrons. The van der Waals surface area contributed by atoms with Crippen molar-refractivity contribution in [3.63, 3.8) is 0 Å². The fourth-order valence-corrected chi connectivity index (χ4v) is 3.02. The Labute approximate surface area is 171 Å². The second-order valence-electron chi connectivity index (χ2n) is 5.92. The summed E-state index contributed by atoms with van der Waals surface area (Å²) in [4.78, 5) is 19.1. The average Bonchev–Trinajstić information content (AvgIpc) is 2.73. The summed E-state index contributed by atoms with van der Waals surface area (Å²) >= 11 is 1.28. The van der Waals surface area contributed by atoms with Crippen LogP contribution in [0.25, 0.3) is 11.3 Å². The Hall–Kier alpha value is -3.31. The second kappa shape index (κ2) is 9.26. The average molecular weight is 411 g/mol. The Kier molecular flexibility index (Phi) is 6.52. The molecule has 1 aromatic heterocycles. The van der Waals surface area contributed by atoms with Gasteiger partial charge in [-0.15, -0.1) is 0 Å². The molecule has 0 bridgehead atoms. The molecule has 0 fully saturated rings. The van der Waals surface area contributed by atoms with E-state index in [1.54, 1.807) is 36.6 Å². The van der Waals surface area contributed by atoms with E-state index in [1.807, 2.05) is 13.0 Å². The van der Waals surface area contributed by atoms with E-state index in [4.69, 9.17) is 9.47 Å². The standard InChI is InChI=1S/C21H18FN3O3S/c1-3-27-18-10-14(19-16(11-23)20(26)25-21(24-19)29-2)6-9-17(18)28-12-13-4-7-15(22)8-5-13/h4-10H,3,12H2,1-2H3,(H,24,25,26). The number of hydrogen-bond donors (Lipinski definition) is 1. The molecule has 0 aliphatic heterocycles. The van der Waals surface area contributed by atoms with Crippen LogP contribution in [-0.2, 0) is 6.61 Å². The first kappa shape index (κ1) is 20.4. The van der Waals surface area contributed by atoms with Crippen LogP contribution in [0.5, 0.6) is 11.5 Å². The van der Waals surface area contributed by atoms with Gasteiger partial charge in [0, 0.05) is 5.56 Å². The van der Waals surface area contributed by atoms with Crippen molar-refractivity contribution < 1.29 is 13.9 Å². The lowest BCUT2D eigenvalue weighted by atomic mass is 10.1. The number of benzene rings is 2. The van der Waals surface area contributed by atoms with Crippen molar-refractivity contribution in [2.24, 2.45) is 0 Å². The van der Waals surface area contributed by atoms with Crippen molar-refractivity contribution in [3.05, 3.63) is 69.8 Å². The maximum absolute atomic E-state index is 13.0. The van der Waals surface area contributed by atoms with Crippen LogP contribution in [0.3, 0.4) is 0 Å². The van der Waals surface area contributed by atoms with Crippen molar-refractivity contribution >= 4 is 11.8 Å². The van der Waals surface area contributed by atoms with Gasteiger partial charge in [0.15, 0.2) is 16.7 Å². The van der Waals surface area contributed by atoms with Crippen LogP contribution < -0.4 is 15.0 Å². The highest BCUT2D eigenvalue weighted by molar-refractivity contribution is 7.98. The van der Waals surface area contributed by atoms with Gasteiger partial charge in [0.25, 0.3) is 5.56 Å². The summed E-state index contributed by atoms with van der Waals surface area (Å²) in [7, 11) is 0. The molecule has 0 spiro atoms. The lowest BCUT2D eigenvalue weighted by molar-refractivity contribution is 0.269. The summed E-state index contributed by atoms with van der Waals surface area (Å²) in [5, 5.41) is 9.80. The Morgan fingerprint density at radius 3 is 2.59 bits per heavy atom. The zero-order valence-electron chi connectivity index (χ0n) is 15.9. The topological polar surface area (TPSA) is 88.0 Å². The van der Waals surface area contributed by atoms with Gasteiger partial charge in [-0.3, -0.25) is 4.79 Å². The van der Waals surface area contributed by atoms with Gasteiger partial charge in [0.05, 0.1) is 12.3 Å². The number of aromatic amines is 1. The number of rotatable bonds is 7. The number of aromatic nitrogens is 2. The maximum Gasteiger partial charge on any atom is 0.270 e. The summed E-state index contributed by atoms with van der Waals surface area (Å²) in [5.74, 6) is 0.647. The molecule has 0 radical (unpaired) electrons. The van der Waals surface area contributed by atoms with E-state index in [0.717, 1.165) is 5.56 Å². The molecule has 0 amide bonds. The molecule has 1 heterocycles. The highest BCUT2D eigenvalue weighted by Crippen LogP contribution is 2.33. The highest BCUT2D eigenvalue weighted by atomic mass is 32.2.